The van der Waals surface area contributed by atoms with Gasteiger partial charge in [-0.05, 0) is 11.5 Å². The van der Waals surface area contributed by atoms with Gasteiger partial charge in [0.05, 0.1) is 0 Å². The van der Waals surface area contributed by atoms with Gasteiger partial charge >= 0.3 is 0 Å². The molecule has 0 aliphatic carbocycles. The van der Waals surface area contributed by atoms with E-state index < -0.39 is 0 Å². The van der Waals surface area contributed by atoms with Crippen LogP contribution in [0.1, 0.15) is 52.5 Å². The van der Waals surface area contributed by atoms with Gasteiger partial charge in [-0.25, -0.2) is 0 Å². The molecule has 0 amide bonds. The van der Waals surface area contributed by atoms with E-state index in [2.05, 4.69) is 19.1 Å². The summed E-state index contributed by atoms with van der Waals surface area (Å²) >= 11 is 0. The summed E-state index contributed by atoms with van der Waals surface area (Å²) in [6.07, 6.45) is 0.654. The fraction of sp³-hybridized carbons (Fsp3) is 0.533. The molecule has 0 N–H and O–H groups in total. The van der Waals surface area contributed by atoms with E-state index in [-0.39, 0.29) is 5.92 Å². The van der Waals surface area contributed by atoms with Gasteiger partial charge in [0.15, 0.2) is 0 Å². The highest BCUT2D eigenvalue weighted by Gasteiger charge is 2.13. The van der Waals surface area contributed by atoms with Crippen LogP contribution in [0.15, 0.2) is 30.3 Å². The van der Waals surface area contributed by atoms with Crippen molar-refractivity contribution in [1.29, 1.82) is 0 Å². The highest BCUT2D eigenvalue weighted by Crippen LogP contribution is 2.20. The molecule has 0 aliphatic heterocycles. The second kappa shape index (κ2) is 8.09. The van der Waals surface area contributed by atoms with Crippen molar-refractivity contribution in [2.75, 3.05) is 0 Å². The van der Waals surface area contributed by atoms with Gasteiger partial charge in [-0.1, -0.05) is 65.0 Å². The first kappa shape index (κ1) is 14.9. The van der Waals surface area contributed by atoms with Gasteiger partial charge in [0.25, 0.3) is 0 Å². The molecule has 90 valence electrons. The zero-order chi connectivity index (χ0) is 12.6. The summed E-state index contributed by atoms with van der Waals surface area (Å²) in [6, 6.07) is 10.2. The Balaban J connectivity index is 0.00000106. The van der Waals surface area contributed by atoms with Crippen LogP contribution in [0.25, 0.3) is 0 Å². The first-order valence-corrected chi connectivity index (χ1v) is 6.19. The molecule has 0 spiro atoms. The summed E-state index contributed by atoms with van der Waals surface area (Å²) in [5.74, 6) is 0.841. The molecule has 1 nitrogen and oxygen atoms in total. The number of carbonyl (C=O) groups excluding carboxylic acids is 1. The summed E-state index contributed by atoms with van der Waals surface area (Å²) in [5.41, 5.74) is 1.25. The number of hydrogen-bond acceptors (Lipinski definition) is 1. The number of hydrogen-bond donors (Lipinski definition) is 0. The fourth-order valence-corrected chi connectivity index (χ4v) is 1.44. The first-order valence-electron chi connectivity index (χ1n) is 6.19. The van der Waals surface area contributed by atoms with Crippen LogP contribution < -0.4 is 0 Å². The summed E-state index contributed by atoms with van der Waals surface area (Å²) in [7, 11) is 0. The molecule has 0 heterocycles. The van der Waals surface area contributed by atoms with E-state index in [1.165, 1.54) is 5.56 Å². The first-order chi connectivity index (χ1) is 7.61. The SMILES string of the molecule is CC.CC(C)C(=O)CC(C)c1ccccc1. The Morgan fingerprint density at radius 3 is 2.00 bits per heavy atom. The van der Waals surface area contributed by atoms with Crippen LogP contribution in [0.3, 0.4) is 0 Å². The Morgan fingerprint density at radius 2 is 1.56 bits per heavy atom. The number of benzene rings is 1. The Labute approximate surface area is 99.9 Å². The Morgan fingerprint density at radius 1 is 1.06 bits per heavy atom. The van der Waals surface area contributed by atoms with Crippen molar-refractivity contribution < 1.29 is 4.79 Å². The second-order valence-electron chi connectivity index (χ2n) is 4.14. The minimum absolute atomic E-state index is 0.154. The van der Waals surface area contributed by atoms with Crippen molar-refractivity contribution in [1.82, 2.24) is 0 Å². The minimum Gasteiger partial charge on any atom is -0.299 e. The maximum absolute atomic E-state index is 11.5. The van der Waals surface area contributed by atoms with Crippen LogP contribution in [0.2, 0.25) is 0 Å². The van der Waals surface area contributed by atoms with Gasteiger partial charge in [0.1, 0.15) is 5.78 Å². The summed E-state index contributed by atoms with van der Waals surface area (Å²) in [6.45, 7) is 10.0. The number of rotatable bonds is 4. The average Bonchev–Trinajstić information content (AvgIpc) is 2.32. The molecule has 0 saturated carbocycles. The van der Waals surface area contributed by atoms with Crippen LogP contribution in [-0.4, -0.2) is 5.78 Å². The van der Waals surface area contributed by atoms with E-state index in [0.29, 0.717) is 18.1 Å². The average molecular weight is 220 g/mol. The van der Waals surface area contributed by atoms with Gasteiger partial charge in [0, 0.05) is 12.3 Å². The zero-order valence-electron chi connectivity index (χ0n) is 11.2. The predicted octanol–water partition coefficient (Wildman–Crippen LogP) is 4.43. The molecule has 0 aromatic heterocycles. The normalized spacial score (nSPS) is 11.6. The van der Waals surface area contributed by atoms with Crippen molar-refractivity contribution in [3.8, 4) is 0 Å². The van der Waals surface area contributed by atoms with Crippen LogP contribution >= 0.6 is 0 Å². The third-order valence-corrected chi connectivity index (χ3v) is 2.52. The van der Waals surface area contributed by atoms with E-state index in [1.54, 1.807) is 0 Å². The van der Waals surface area contributed by atoms with Crippen LogP contribution in [0.5, 0.6) is 0 Å². The molecule has 16 heavy (non-hydrogen) atoms. The second-order valence-corrected chi connectivity index (χ2v) is 4.14. The lowest BCUT2D eigenvalue weighted by Gasteiger charge is -2.12. The standard InChI is InChI=1S/C13H18O.C2H6/c1-10(2)13(14)9-11(3)12-7-5-4-6-8-12;1-2/h4-8,10-11H,9H2,1-3H3;1-2H3. The van der Waals surface area contributed by atoms with Gasteiger partial charge in [-0.15, -0.1) is 0 Å². The zero-order valence-corrected chi connectivity index (χ0v) is 11.2. The van der Waals surface area contributed by atoms with E-state index in [0.717, 1.165) is 0 Å². The number of carbonyl (C=O) groups is 1. The highest BCUT2D eigenvalue weighted by molar-refractivity contribution is 5.81. The van der Waals surface area contributed by atoms with Crippen molar-refractivity contribution >= 4 is 5.78 Å². The molecule has 0 radical (unpaired) electrons. The Bertz CT molecular complexity index is 288. The quantitative estimate of drug-likeness (QED) is 0.733. The third kappa shape index (κ3) is 5.11. The molecular weight excluding hydrogens is 196 g/mol. The minimum atomic E-state index is 0.154. The summed E-state index contributed by atoms with van der Waals surface area (Å²) < 4.78 is 0. The van der Waals surface area contributed by atoms with E-state index >= 15 is 0 Å². The molecule has 1 aromatic carbocycles. The van der Waals surface area contributed by atoms with E-state index in [4.69, 9.17) is 0 Å². The number of ketones is 1. The molecule has 1 atom stereocenters. The fourth-order valence-electron chi connectivity index (χ4n) is 1.44. The molecule has 1 unspecified atom stereocenters. The largest absolute Gasteiger partial charge is 0.299 e. The maximum Gasteiger partial charge on any atom is 0.136 e. The molecule has 1 aromatic rings. The third-order valence-electron chi connectivity index (χ3n) is 2.52. The van der Waals surface area contributed by atoms with Crippen molar-refractivity contribution in [3.05, 3.63) is 35.9 Å². The van der Waals surface area contributed by atoms with Gasteiger partial charge < -0.3 is 0 Å². The van der Waals surface area contributed by atoms with Crippen LogP contribution in [0.4, 0.5) is 0 Å². The smallest absolute Gasteiger partial charge is 0.136 e. The van der Waals surface area contributed by atoms with Gasteiger partial charge in [0.2, 0.25) is 0 Å². The summed E-state index contributed by atoms with van der Waals surface area (Å²) in [4.78, 5) is 11.5. The Kier molecular flexibility index (Phi) is 7.53. The Hall–Kier alpha value is -1.11. The molecule has 1 heteroatoms. The molecule has 0 bridgehead atoms. The molecular formula is C15H24O. The van der Waals surface area contributed by atoms with Crippen molar-refractivity contribution in [2.24, 2.45) is 5.92 Å². The summed E-state index contributed by atoms with van der Waals surface area (Å²) in [5, 5.41) is 0. The topological polar surface area (TPSA) is 17.1 Å². The molecule has 0 fully saturated rings. The monoisotopic (exact) mass is 220 g/mol. The van der Waals surface area contributed by atoms with Crippen LogP contribution in [0, 0.1) is 5.92 Å². The van der Waals surface area contributed by atoms with Crippen molar-refractivity contribution in [2.45, 2.75) is 47.0 Å². The van der Waals surface area contributed by atoms with E-state index in [9.17, 15) is 4.79 Å². The van der Waals surface area contributed by atoms with Crippen molar-refractivity contribution in [3.63, 3.8) is 0 Å². The lowest BCUT2D eigenvalue weighted by atomic mass is 9.92. The molecule has 1 rings (SSSR count). The highest BCUT2D eigenvalue weighted by atomic mass is 16.1. The van der Waals surface area contributed by atoms with Gasteiger partial charge in [-0.2, -0.15) is 0 Å². The lowest BCUT2D eigenvalue weighted by molar-refractivity contribution is -0.122. The van der Waals surface area contributed by atoms with Crippen LogP contribution in [-0.2, 0) is 4.79 Å². The number of Topliss-reactive ketones (excluding diaryl/α,β-unsaturated/α-hetero) is 1. The predicted molar refractivity (Wildman–Crippen MR) is 70.7 cm³/mol. The maximum atomic E-state index is 11.5. The lowest BCUT2D eigenvalue weighted by Crippen LogP contribution is -2.10. The van der Waals surface area contributed by atoms with E-state index in [1.807, 2.05) is 45.9 Å². The van der Waals surface area contributed by atoms with Gasteiger partial charge in [-0.3, -0.25) is 4.79 Å². The molecule has 0 saturated heterocycles. The molecule has 0 aliphatic rings.